The zero-order chi connectivity index (χ0) is 22.8. The minimum absolute atomic E-state index is 0.0529. The fourth-order valence-electron chi connectivity index (χ4n) is 3.80. The Hall–Kier alpha value is -3.57. The Morgan fingerprint density at radius 2 is 1.94 bits per heavy atom. The lowest BCUT2D eigenvalue weighted by Crippen LogP contribution is -2.43. The van der Waals surface area contributed by atoms with Crippen LogP contribution in [0.25, 0.3) is 27.2 Å². The largest absolute Gasteiger partial charge is 0.494 e. The van der Waals surface area contributed by atoms with Crippen LogP contribution < -0.4 is 15.6 Å². The van der Waals surface area contributed by atoms with Crippen molar-refractivity contribution in [2.45, 2.75) is 25.3 Å². The summed E-state index contributed by atoms with van der Waals surface area (Å²) in [6.07, 6.45) is 2.46. The number of benzene rings is 2. The Labute approximate surface area is 184 Å². The molecule has 1 atom stereocenters. The van der Waals surface area contributed by atoms with Gasteiger partial charge in [-0.2, -0.15) is 0 Å². The van der Waals surface area contributed by atoms with Crippen molar-refractivity contribution in [3.8, 4) is 28.1 Å². The molecule has 0 amide bonds. The fraction of sp³-hybridized carbons (Fsp3) is 0.292. The first kappa shape index (κ1) is 21.7. The van der Waals surface area contributed by atoms with E-state index in [1.165, 1.54) is 35.9 Å². The summed E-state index contributed by atoms with van der Waals surface area (Å²) in [6, 6.07) is 8.71. The molecule has 1 saturated heterocycles. The molecule has 0 saturated carbocycles. The maximum absolute atomic E-state index is 14.4. The summed E-state index contributed by atoms with van der Waals surface area (Å²) in [5, 5.41) is 3.32. The summed E-state index contributed by atoms with van der Waals surface area (Å²) < 4.78 is 35.3. The van der Waals surface area contributed by atoms with Crippen molar-refractivity contribution in [1.82, 2.24) is 14.9 Å². The van der Waals surface area contributed by atoms with E-state index in [0.717, 1.165) is 19.4 Å². The minimum Gasteiger partial charge on any atom is -0.494 e. The lowest BCUT2D eigenvalue weighted by molar-refractivity contribution is 0.347. The lowest BCUT2D eigenvalue weighted by atomic mass is 9.98. The van der Waals surface area contributed by atoms with Crippen LogP contribution in [-0.2, 0) is 13.5 Å². The molecule has 1 aliphatic heterocycles. The molecule has 0 spiro atoms. The van der Waals surface area contributed by atoms with E-state index in [1.807, 2.05) is 0 Å². The molecule has 0 aliphatic carbocycles. The van der Waals surface area contributed by atoms with E-state index in [9.17, 15) is 13.6 Å². The first-order chi connectivity index (χ1) is 15.4. The zero-order valence-electron chi connectivity index (χ0n) is 17.8. The predicted molar refractivity (Wildman–Crippen MR) is 118 cm³/mol. The van der Waals surface area contributed by atoms with Gasteiger partial charge in [0.05, 0.1) is 24.9 Å². The molecule has 4 rings (SSSR count). The van der Waals surface area contributed by atoms with E-state index in [0.29, 0.717) is 29.4 Å². The van der Waals surface area contributed by atoms with Crippen molar-refractivity contribution >= 4 is 5.69 Å². The molecule has 1 N–H and O–H groups in total. The van der Waals surface area contributed by atoms with Gasteiger partial charge in [0.1, 0.15) is 11.6 Å². The molecule has 0 radical (unpaired) electrons. The standard InChI is InChI=1S/C24H22F2N4O2/c1-27-19-7-4-15(13-17(19)25)23-22(14-5-8-20(32-3)18(26)12-14)24(31)30(2)21(29-23)9-6-16-10-11-28-16/h4-5,7-8,12-13,16,28H,6,9-11H2,2-3H3. The minimum atomic E-state index is -0.702. The maximum Gasteiger partial charge on any atom is 0.261 e. The number of rotatable bonds is 6. The average molecular weight is 436 g/mol. The van der Waals surface area contributed by atoms with Crippen LogP contribution >= 0.6 is 0 Å². The van der Waals surface area contributed by atoms with Gasteiger partial charge in [0, 0.05) is 25.1 Å². The molecule has 3 aromatic rings. The molecular formula is C24H22F2N4O2. The molecule has 32 heavy (non-hydrogen) atoms. The van der Waals surface area contributed by atoms with Gasteiger partial charge in [-0.25, -0.2) is 18.6 Å². The molecule has 6 nitrogen and oxygen atoms in total. The van der Waals surface area contributed by atoms with Crippen molar-refractivity contribution in [2.75, 3.05) is 13.7 Å². The molecule has 1 aliphatic rings. The molecule has 1 aromatic heterocycles. The average Bonchev–Trinajstić information content (AvgIpc) is 2.75. The van der Waals surface area contributed by atoms with E-state index >= 15 is 0 Å². The van der Waals surface area contributed by atoms with Crippen LogP contribution in [0.1, 0.15) is 18.7 Å². The number of methoxy groups -OCH3 is 1. The van der Waals surface area contributed by atoms with Gasteiger partial charge in [0.15, 0.2) is 11.6 Å². The van der Waals surface area contributed by atoms with Gasteiger partial charge in [-0.15, -0.1) is 0 Å². The van der Waals surface area contributed by atoms with Gasteiger partial charge >= 0.3 is 0 Å². The van der Waals surface area contributed by atoms with E-state index in [2.05, 4.69) is 10.2 Å². The number of hydrogen-bond acceptors (Lipinski definition) is 4. The zero-order valence-corrected chi connectivity index (χ0v) is 17.8. The van der Waals surface area contributed by atoms with Crippen molar-refractivity contribution in [2.24, 2.45) is 7.05 Å². The number of aryl methyl sites for hydroxylation is 1. The van der Waals surface area contributed by atoms with Gasteiger partial charge < -0.3 is 10.1 Å². The van der Waals surface area contributed by atoms with Crippen LogP contribution in [0, 0.1) is 18.2 Å². The van der Waals surface area contributed by atoms with Gasteiger partial charge in [-0.05, 0) is 43.1 Å². The van der Waals surface area contributed by atoms with E-state index in [4.69, 9.17) is 16.3 Å². The number of ether oxygens (including phenoxy) is 1. The molecule has 8 heteroatoms. The van der Waals surface area contributed by atoms with Crippen molar-refractivity contribution in [1.29, 1.82) is 0 Å². The van der Waals surface area contributed by atoms with Crippen LogP contribution in [0.2, 0.25) is 0 Å². The van der Waals surface area contributed by atoms with Gasteiger partial charge in [-0.1, -0.05) is 18.2 Å². The normalized spacial score (nSPS) is 15.2. The Morgan fingerprint density at radius 3 is 2.53 bits per heavy atom. The number of aromatic nitrogens is 2. The lowest BCUT2D eigenvalue weighted by Gasteiger charge is -2.27. The first-order valence-electron chi connectivity index (χ1n) is 10.3. The summed E-state index contributed by atoms with van der Waals surface area (Å²) in [6.45, 7) is 8.05. The number of halogens is 2. The van der Waals surface area contributed by atoms with Crippen LogP contribution in [0.3, 0.4) is 0 Å². The highest BCUT2D eigenvalue weighted by Gasteiger charge is 2.22. The molecule has 2 heterocycles. The van der Waals surface area contributed by atoms with Crippen LogP contribution in [0.15, 0.2) is 41.2 Å². The number of nitrogens with zero attached hydrogens (tertiary/aromatic N) is 3. The van der Waals surface area contributed by atoms with Crippen LogP contribution in [-0.4, -0.2) is 29.2 Å². The van der Waals surface area contributed by atoms with Crippen molar-refractivity contribution in [3.05, 3.63) is 75.6 Å². The van der Waals surface area contributed by atoms with Gasteiger partial charge in [-0.3, -0.25) is 9.36 Å². The maximum atomic E-state index is 14.4. The Bertz CT molecular complexity index is 1280. The molecule has 1 unspecified atom stereocenters. The molecule has 1 fully saturated rings. The van der Waals surface area contributed by atoms with Crippen LogP contribution in [0.5, 0.6) is 5.75 Å². The molecule has 2 aromatic carbocycles. The van der Waals surface area contributed by atoms with E-state index in [1.54, 1.807) is 19.2 Å². The quantitative estimate of drug-likeness (QED) is 0.587. The highest BCUT2D eigenvalue weighted by atomic mass is 19.1. The highest BCUT2D eigenvalue weighted by Crippen LogP contribution is 2.33. The van der Waals surface area contributed by atoms with Crippen molar-refractivity contribution in [3.63, 3.8) is 0 Å². The fourth-order valence-corrected chi connectivity index (χ4v) is 3.80. The Kier molecular flexibility index (Phi) is 6.01. The third-order valence-electron chi connectivity index (χ3n) is 5.81. The topological polar surface area (TPSA) is 60.5 Å². The smallest absolute Gasteiger partial charge is 0.261 e. The molecule has 164 valence electrons. The van der Waals surface area contributed by atoms with Crippen molar-refractivity contribution < 1.29 is 13.5 Å². The van der Waals surface area contributed by atoms with Gasteiger partial charge in [0.2, 0.25) is 5.69 Å². The third kappa shape index (κ3) is 3.99. The van der Waals surface area contributed by atoms with Gasteiger partial charge in [0.25, 0.3) is 5.56 Å². The predicted octanol–water partition coefficient (Wildman–Crippen LogP) is 4.25. The second-order valence-electron chi connectivity index (χ2n) is 7.72. The summed E-state index contributed by atoms with van der Waals surface area (Å²) in [5.74, 6) is -0.706. The summed E-state index contributed by atoms with van der Waals surface area (Å²) in [7, 11) is 2.99. The summed E-state index contributed by atoms with van der Waals surface area (Å²) in [5.41, 5.74) is 0.603. The number of nitrogens with one attached hydrogen (secondary N) is 1. The Morgan fingerprint density at radius 1 is 1.22 bits per heavy atom. The Balaban J connectivity index is 1.90. The monoisotopic (exact) mass is 436 g/mol. The summed E-state index contributed by atoms with van der Waals surface area (Å²) in [4.78, 5) is 21.3. The highest BCUT2D eigenvalue weighted by molar-refractivity contribution is 5.81. The SMILES string of the molecule is [C-]#[N+]c1ccc(-c2nc(CCC3CCN3)n(C)c(=O)c2-c2ccc(OC)c(F)c2)cc1F. The van der Waals surface area contributed by atoms with E-state index in [-0.39, 0.29) is 28.3 Å². The second-order valence-corrected chi connectivity index (χ2v) is 7.72. The molecule has 0 bridgehead atoms. The first-order valence-corrected chi connectivity index (χ1v) is 10.3. The molecular weight excluding hydrogens is 414 g/mol. The third-order valence-corrected chi connectivity index (χ3v) is 5.81. The summed E-state index contributed by atoms with van der Waals surface area (Å²) >= 11 is 0. The van der Waals surface area contributed by atoms with E-state index < -0.39 is 11.6 Å². The number of hydrogen-bond donors (Lipinski definition) is 1. The van der Waals surface area contributed by atoms with Crippen LogP contribution in [0.4, 0.5) is 14.5 Å². The second kappa shape index (κ2) is 8.89.